The Kier molecular flexibility index (Phi) is 7.29. The average molecular weight is 519 g/mol. The molecule has 1 aliphatic heterocycles. The molecular weight excluding hydrogens is 491 g/mol. The van der Waals surface area contributed by atoms with Crippen LogP contribution in [0.5, 0.6) is 0 Å². The molecule has 11 heteroatoms. The third-order valence-electron chi connectivity index (χ3n) is 5.69. The Morgan fingerprint density at radius 3 is 2.34 bits per heavy atom. The van der Waals surface area contributed by atoms with E-state index in [4.69, 9.17) is 0 Å². The van der Waals surface area contributed by atoms with Crippen molar-refractivity contribution in [1.82, 2.24) is 5.32 Å². The summed E-state index contributed by atoms with van der Waals surface area (Å²) in [6.45, 7) is 4.71. The molecule has 1 fully saturated rings. The summed E-state index contributed by atoms with van der Waals surface area (Å²) in [6.07, 6.45) is 0.915. The van der Waals surface area contributed by atoms with Gasteiger partial charge < -0.3 is 10.2 Å². The normalized spacial score (nSPS) is 14.9. The third kappa shape index (κ3) is 5.92. The number of hydrogen-bond acceptors (Lipinski definition) is 6. The van der Waals surface area contributed by atoms with E-state index in [-0.39, 0.29) is 21.2 Å². The maximum absolute atomic E-state index is 13.8. The first-order chi connectivity index (χ1) is 16.7. The highest BCUT2D eigenvalue weighted by Gasteiger charge is 2.23. The molecule has 1 saturated heterocycles. The van der Waals surface area contributed by atoms with Gasteiger partial charge in [0, 0.05) is 25.3 Å². The number of aryl methyl sites for hydroxylation is 1. The molecule has 0 spiro atoms. The number of halogens is 1. The van der Waals surface area contributed by atoms with Crippen molar-refractivity contribution in [3.63, 3.8) is 0 Å². The van der Waals surface area contributed by atoms with Crippen molar-refractivity contribution in [3.05, 3.63) is 78.1 Å². The van der Waals surface area contributed by atoms with E-state index in [9.17, 15) is 21.2 Å². The van der Waals surface area contributed by atoms with Crippen molar-refractivity contribution >= 4 is 37.1 Å². The number of sulfonamides is 2. The second-order valence-electron chi connectivity index (χ2n) is 8.25. The minimum atomic E-state index is -4.20. The van der Waals surface area contributed by atoms with Gasteiger partial charge in [0.1, 0.15) is 5.82 Å². The first kappa shape index (κ1) is 25.0. The van der Waals surface area contributed by atoms with E-state index in [2.05, 4.69) is 19.7 Å². The third-order valence-corrected chi connectivity index (χ3v) is 8.58. The Labute approximate surface area is 205 Å². The number of nitrogens with one attached hydrogen (secondary N) is 3. The van der Waals surface area contributed by atoms with Crippen LogP contribution in [-0.4, -0.2) is 43.0 Å². The molecule has 0 aliphatic carbocycles. The fourth-order valence-electron chi connectivity index (χ4n) is 3.87. The molecule has 1 heterocycles. The van der Waals surface area contributed by atoms with Crippen molar-refractivity contribution in [3.8, 4) is 0 Å². The summed E-state index contributed by atoms with van der Waals surface area (Å²) in [6, 6.07) is 16.2. The monoisotopic (exact) mass is 518 g/mol. The van der Waals surface area contributed by atoms with Crippen LogP contribution >= 0.6 is 0 Å². The van der Waals surface area contributed by atoms with E-state index in [0.29, 0.717) is 5.56 Å². The Bertz CT molecular complexity index is 1410. The maximum atomic E-state index is 13.8. The summed E-state index contributed by atoms with van der Waals surface area (Å²) in [5.74, 6) is -0.689. The predicted molar refractivity (Wildman–Crippen MR) is 135 cm³/mol. The van der Waals surface area contributed by atoms with Crippen LogP contribution in [0.3, 0.4) is 0 Å². The van der Waals surface area contributed by atoms with Crippen LogP contribution in [0.4, 0.5) is 21.5 Å². The van der Waals surface area contributed by atoms with Gasteiger partial charge in [-0.05, 0) is 67.9 Å². The van der Waals surface area contributed by atoms with Gasteiger partial charge in [0.15, 0.2) is 0 Å². The quantitative estimate of drug-likeness (QED) is 0.442. The number of benzene rings is 3. The standard InChI is InChI=1S/C24H27FN4O4S2/c1-18-8-9-19(25)16-24(18)35(32,33)27-22-11-10-20(29-14-5-12-26-13-15-29)17-23(22)28-34(30,31)21-6-3-2-4-7-21/h2-4,6-11,16-17,26-28H,5,12-15H2,1H3. The number of rotatable bonds is 7. The molecule has 1 aliphatic rings. The number of anilines is 3. The topological polar surface area (TPSA) is 108 Å². The highest BCUT2D eigenvalue weighted by atomic mass is 32.2. The molecular formula is C24H27FN4O4S2. The zero-order valence-corrected chi connectivity index (χ0v) is 20.8. The summed E-state index contributed by atoms with van der Waals surface area (Å²) >= 11 is 0. The molecule has 35 heavy (non-hydrogen) atoms. The van der Waals surface area contributed by atoms with E-state index >= 15 is 0 Å². The summed E-state index contributed by atoms with van der Waals surface area (Å²) in [5, 5.41) is 3.32. The zero-order valence-electron chi connectivity index (χ0n) is 19.2. The van der Waals surface area contributed by atoms with Gasteiger partial charge in [-0.1, -0.05) is 24.3 Å². The molecule has 0 bridgehead atoms. The molecule has 3 aromatic rings. The van der Waals surface area contributed by atoms with Gasteiger partial charge in [-0.2, -0.15) is 0 Å². The van der Waals surface area contributed by atoms with Gasteiger partial charge in [-0.15, -0.1) is 0 Å². The molecule has 0 unspecified atom stereocenters. The fourth-order valence-corrected chi connectivity index (χ4v) is 6.30. The second kappa shape index (κ2) is 10.2. The van der Waals surface area contributed by atoms with Crippen LogP contribution in [0.2, 0.25) is 0 Å². The van der Waals surface area contributed by atoms with E-state index < -0.39 is 25.9 Å². The first-order valence-corrected chi connectivity index (χ1v) is 14.1. The minimum Gasteiger partial charge on any atom is -0.370 e. The van der Waals surface area contributed by atoms with Gasteiger partial charge in [0.05, 0.1) is 21.2 Å². The minimum absolute atomic E-state index is 0.0323. The van der Waals surface area contributed by atoms with E-state index in [1.54, 1.807) is 37.3 Å². The molecule has 0 atom stereocenters. The van der Waals surface area contributed by atoms with Crippen LogP contribution in [0.1, 0.15) is 12.0 Å². The highest BCUT2D eigenvalue weighted by Crippen LogP contribution is 2.32. The Morgan fingerprint density at radius 2 is 1.57 bits per heavy atom. The lowest BCUT2D eigenvalue weighted by Crippen LogP contribution is -2.28. The smallest absolute Gasteiger partial charge is 0.262 e. The van der Waals surface area contributed by atoms with Crippen LogP contribution in [0.25, 0.3) is 0 Å². The van der Waals surface area contributed by atoms with Crippen molar-refractivity contribution in [2.24, 2.45) is 0 Å². The summed E-state index contributed by atoms with van der Waals surface area (Å²) in [5.41, 5.74) is 1.22. The first-order valence-electron chi connectivity index (χ1n) is 11.1. The molecule has 3 N–H and O–H groups in total. The van der Waals surface area contributed by atoms with E-state index in [0.717, 1.165) is 44.4 Å². The van der Waals surface area contributed by atoms with Crippen molar-refractivity contribution in [1.29, 1.82) is 0 Å². The summed E-state index contributed by atoms with van der Waals surface area (Å²) < 4.78 is 71.1. The molecule has 186 valence electrons. The maximum Gasteiger partial charge on any atom is 0.262 e. The van der Waals surface area contributed by atoms with E-state index in [1.165, 1.54) is 30.3 Å². The van der Waals surface area contributed by atoms with Gasteiger partial charge in [-0.25, -0.2) is 21.2 Å². The SMILES string of the molecule is Cc1ccc(F)cc1S(=O)(=O)Nc1ccc(N2CCCNCC2)cc1NS(=O)(=O)c1ccccc1. The predicted octanol–water partition coefficient (Wildman–Crippen LogP) is 3.54. The molecule has 0 aromatic heterocycles. The van der Waals surface area contributed by atoms with Crippen LogP contribution in [0.15, 0.2) is 76.5 Å². The fraction of sp³-hybridized carbons (Fsp3) is 0.250. The molecule has 3 aromatic carbocycles. The van der Waals surface area contributed by atoms with Crippen LogP contribution < -0.4 is 19.7 Å². The summed E-state index contributed by atoms with van der Waals surface area (Å²) in [7, 11) is -8.20. The number of hydrogen-bond donors (Lipinski definition) is 3. The highest BCUT2D eigenvalue weighted by molar-refractivity contribution is 7.93. The van der Waals surface area contributed by atoms with Gasteiger partial charge >= 0.3 is 0 Å². The number of nitrogens with zero attached hydrogens (tertiary/aromatic N) is 1. The average Bonchev–Trinajstić information content (AvgIpc) is 3.12. The van der Waals surface area contributed by atoms with Gasteiger partial charge in [0.2, 0.25) is 0 Å². The molecule has 0 saturated carbocycles. The molecule has 0 radical (unpaired) electrons. The Hall–Kier alpha value is -3.15. The Morgan fingerprint density at radius 1 is 0.829 bits per heavy atom. The lowest BCUT2D eigenvalue weighted by atomic mass is 10.2. The Balaban J connectivity index is 1.75. The van der Waals surface area contributed by atoms with Crippen molar-refractivity contribution < 1.29 is 21.2 Å². The zero-order chi connectivity index (χ0) is 25.1. The molecule has 4 rings (SSSR count). The largest absolute Gasteiger partial charge is 0.370 e. The van der Waals surface area contributed by atoms with Crippen molar-refractivity contribution in [2.75, 3.05) is 40.5 Å². The lowest BCUT2D eigenvalue weighted by Gasteiger charge is -2.24. The van der Waals surface area contributed by atoms with Gasteiger partial charge in [-0.3, -0.25) is 9.44 Å². The summed E-state index contributed by atoms with van der Waals surface area (Å²) in [4.78, 5) is 1.92. The van der Waals surface area contributed by atoms with Gasteiger partial charge in [0.25, 0.3) is 20.0 Å². The van der Waals surface area contributed by atoms with E-state index in [1.807, 2.05) is 0 Å². The second-order valence-corrected chi connectivity index (χ2v) is 11.6. The van der Waals surface area contributed by atoms with Crippen LogP contribution in [0, 0.1) is 12.7 Å². The van der Waals surface area contributed by atoms with Crippen LogP contribution in [-0.2, 0) is 20.0 Å². The molecule has 0 amide bonds. The molecule has 8 nitrogen and oxygen atoms in total. The van der Waals surface area contributed by atoms with Crippen molar-refractivity contribution in [2.45, 2.75) is 23.1 Å². The lowest BCUT2D eigenvalue weighted by molar-refractivity contribution is 0.594.